The maximum absolute atomic E-state index is 11.6. The van der Waals surface area contributed by atoms with Crippen LogP contribution < -0.4 is 10.6 Å². The molecule has 16 heavy (non-hydrogen) atoms. The monoisotopic (exact) mass is 228 g/mol. The van der Waals surface area contributed by atoms with Crippen molar-refractivity contribution in [1.82, 2.24) is 10.6 Å². The van der Waals surface area contributed by atoms with Crippen LogP contribution in [0.1, 0.15) is 41.0 Å². The number of hydrogen-bond donors (Lipinski definition) is 2. The Labute approximate surface area is 98.1 Å². The molecule has 1 rings (SSSR count). The van der Waals surface area contributed by atoms with Crippen LogP contribution in [-0.2, 0) is 4.74 Å². The van der Waals surface area contributed by atoms with Gasteiger partial charge >= 0.3 is 6.09 Å². The van der Waals surface area contributed by atoms with Crippen molar-refractivity contribution in [3.8, 4) is 0 Å². The lowest BCUT2D eigenvalue weighted by atomic mass is 9.91. The molecular weight excluding hydrogens is 204 g/mol. The SMILES string of the molecule is C[C@@H]1C[C@@H](NC(=O)OC(C)(C)C)[C@H](C)CN1. The third-order valence-corrected chi connectivity index (χ3v) is 2.78. The summed E-state index contributed by atoms with van der Waals surface area (Å²) in [4.78, 5) is 11.6. The first kappa shape index (κ1) is 13.3. The maximum atomic E-state index is 11.6. The fourth-order valence-corrected chi connectivity index (χ4v) is 1.89. The Bertz CT molecular complexity index is 248. The molecule has 1 amide bonds. The van der Waals surface area contributed by atoms with Gasteiger partial charge in [-0.25, -0.2) is 4.79 Å². The quantitative estimate of drug-likeness (QED) is 0.720. The van der Waals surface area contributed by atoms with Gasteiger partial charge in [-0.2, -0.15) is 0 Å². The zero-order valence-corrected chi connectivity index (χ0v) is 11.0. The van der Waals surface area contributed by atoms with Gasteiger partial charge in [-0.3, -0.25) is 0 Å². The number of piperidine rings is 1. The van der Waals surface area contributed by atoms with Gasteiger partial charge in [-0.05, 0) is 46.6 Å². The highest BCUT2D eigenvalue weighted by atomic mass is 16.6. The third-order valence-electron chi connectivity index (χ3n) is 2.78. The second kappa shape index (κ2) is 5.04. The number of nitrogens with one attached hydrogen (secondary N) is 2. The van der Waals surface area contributed by atoms with Crippen LogP contribution in [0.3, 0.4) is 0 Å². The van der Waals surface area contributed by atoms with E-state index >= 15 is 0 Å². The highest BCUT2D eigenvalue weighted by molar-refractivity contribution is 5.68. The number of rotatable bonds is 1. The molecule has 0 spiro atoms. The van der Waals surface area contributed by atoms with Crippen LogP contribution in [0.5, 0.6) is 0 Å². The highest BCUT2D eigenvalue weighted by Crippen LogP contribution is 2.15. The van der Waals surface area contributed by atoms with E-state index in [4.69, 9.17) is 4.74 Å². The summed E-state index contributed by atoms with van der Waals surface area (Å²) < 4.78 is 5.25. The predicted octanol–water partition coefficient (Wildman–Crippen LogP) is 1.90. The van der Waals surface area contributed by atoms with Gasteiger partial charge in [-0.1, -0.05) is 6.92 Å². The van der Waals surface area contributed by atoms with Crippen molar-refractivity contribution in [2.24, 2.45) is 5.92 Å². The van der Waals surface area contributed by atoms with Gasteiger partial charge in [0.2, 0.25) is 0 Å². The Morgan fingerprint density at radius 1 is 1.38 bits per heavy atom. The standard InChI is InChI=1S/C12H24N2O2/c1-8-7-13-9(2)6-10(8)14-11(15)16-12(3,4)5/h8-10,13H,6-7H2,1-5H3,(H,14,15)/t8-,9-,10-/m1/s1. The molecule has 1 saturated heterocycles. The Balaban J connectivity index is 2.43. The average Bonchev–Trinajstić information content (AvgIpc) is 2.08. The van der Waals surface area contributed by atoms with E-state index in [2.05, 4.69) is 24.5 Å². The molecule has 0 unspecified atom stereocenters. The molecule has 3 atom stereocenters. The van der Waals surface area contributed by atoms with Gasteiger partial charge < -0.3 is 15.4 Å². The van der Waals surface area contributed by atoms with E-state index in [0.29, 0.717) is 12.0 Å². The second-order valence-electron chi connectivity index (χ2n) is 5.78. The van der Waals surface area contributed by atoms with Gasteiger partial charge in [0.1, 0.15) is 5.60 Å². The van der Waals surface area contributed by atoms with E-state index in [1.807, 2.05) is 20.8 Å². The Kier molecular flexibility index (Phi) is 4.19. The molecule has 4 nitrogen and oxygen atoms in total. The van der Waals surface area contributed by atoms with Crippen LogP contribution in [-0.4, -0.2) is 30.3 Å². The number of carbonyl (C=O) groups excluding carboxylic acids is 1. The molecule has 2 N–H and O–H groups in total. The molecule has 4 heteroatoms. The summed E-state index contributed by atoms with van der Waals surface area (Å²) in [5.41, 5.74) is -0.425. The maximum Gasteiger partial charge on any atom is 0.407 e. The molecule has 0 bridgehead atoms. The summed E-state index contributed by atoms with van der Waals surface area (Å²) in [6.07, 6.45) is 0.652. The van der Waals surface area contributed by atoms with Gasteiger partial charge in [0.15, 0.2) is 0 Å². The van der Waals surface area contributed by atoms with Crippen LogP contribution in [0.2, 0.25) is 0 Å². The number of carbonyl (C=O) groups is 1. The molecule has 0 radical (unpaired) electrons. The number of alkyl carbamates (subject to hydrolysis) is 1. The van der Waals surface area contributed by atoms with E-state index in [1.165, 1.54) is 0 Å². The molecule has 94 valence electrons. The summed E-state index contributed by atoms with van der Waals surface area (Å²) in [5, 5.41) is 6.35. The van der Waals surface area contributed by atoms with Crippen molar-refractivity contribution in [3.63, 3.8) is 0 Å². The fourth-order valence-electron chi connectivity index (χ4n) is 1.89. The summed E-state index contributed by atoms with van der Waals surface area (Å²) in [7, 11) is 0. The number of hydrogen-bond acceptors (Lipinski definition) is 3. The topological polar surface area (TPSA) is 50.4 Å². The lowest BCUT2D eigenvalue weighted by Crippen LogP contribution is -2.52. The summed E-state index contributed by atoms with van der Waals surface area (Å²) in [5.74, 6) is 0.448. The van der Waals surface area contributed by atoms with Crippen molar-refractivity contribution in [2.75, 3.05) is 6.54 Å². The molecule has 1 aliphatic rings. The van der Waals surface area contributed by atoms with Crippen molar-refractivity contribution in [3.05, 3.63) is 0 Å². The first-order valence-electron chi connectivity index (χ1n) is 6.01. The predicted molar refractivity (Wildman–Crippen MR) is 64.4 cm³/mol. The fraction of sp³-hybridized carbons (Fsp3) is 0.917. The summed E-state index contributed by atoms with van der Waals surface area (Å²) in [6.45, 7) is 10.8. The minimum atomic E-state index is -0.425. The Morgan fingerprint density at radius 3 is 2.56 bits per heavy atom. The first-order chi connectivity index (χ1) is 7.28. The molecule has 0 aromatic rings. The van der Waals surface area contributed by atoms with E-state index in [-0.39, 0.29) is 12.1 Å². The van der Waals surface area contributed by atoms with Crippen LogP contribution in [0, 0.1) is 5.92 Å². The van der Waals surface area contributed by atoms with Crippen LogP contribution >= 0.6 is 0 Å². The van der Waals surface area contributed by atoms with Crippen molar-refractivity contribution < 1.29 is 9.53 Å². The van der Waals surface area contributed by atoms with Crippen molar-refractivity contribution in [2.45, 2.75) is 58.7 Å². The van der Waals surface area contributed by atoms with E-state index in [0.717, 1.165) is 13.0 Å². The lowest BCUT2D eigenvalue weighted by molar-refractivity contribution is 0.0471. The zero-order chi connectivity index (χ0) is 12.3. The second-order valence-corrected chi connectivity index (χ2v) is 5.78. The normalized spacial score (nSPS) is 30.9. The average molecular weight is 228 g/mol. The van der Waals surface area contributed by atoms with Gasteiger partial charge in [0.25, 0.3) is 0 Å². The Morgan fingerprint density at radius 2 is 2.00 bits per heavy atom. The molecule has 1 fully saturated rings. The van der Waals surface area contributed by atoms with Crippen LogP contribution in [0.25, 0.3) is 0 Å². The molecule has 1 aliphatic heterocycles. The van der Waals surface area contributed by atoms with Gasteiger partial charge in [0, 0.05) is 12.1 Å². The third kappa shape index (κ3) is 4.39. The van der Waals surface area contributed by atoms with Gasteiger partial charge in [-0.15, -0.1) is 0 Å². The molecule has 1 heterocycles. The minimum Gasteiger partial charge on any atom is -0.444 e. The summed E-state index contributed by atoms with van der Waals surface area (Å²) in [6, 6.07) is 0.669. The van der Waals surface area contributed by atoms with Crippen molar-refractivity contribution in [1.29, 1.82) is 0 Å². The molecular formula is C12H24N2O2. The Hall–Kier alpha value is -0.770. The number of ether oxygens (including phenoxy) is 1. The van der Waals surface area contributed by atoms with E-state index in [9.17, 15) is 4.79 Å². The van der Waals surface area contributed by atoms with E-state index in [1.54, 1.807) is 0 Å². The molecule has 0 saturated carbocycles. The minimum absolute atomic E-state index is 0.214. The largest absolute Gasteiger partial charge is 0.444 e. The van der Waals surface area contributed by atoms with E-state index < -0.39 is 5.60 Å². The smallest absolute Gasteiger partial charge is 0.407 e. The van der Waals surface area contributed by atoms with Crippen LogP contribution in [0.15, 0.2) is 0 Å². The van der Waals surface area contributed by atoms with Crippen LogP contribution in [0.4, 0.5) is 4.79 Å². The highest BCUT2D eigenvalue weighted by Gasteiger charge is 2.27. The van der Waals surface area contributed by atoms with Crippen molar-refractivity contribution >= 4 is 6.09 Å². The molecule has 0 aliphatic carbocycles. The zero-order valence-electron chi connectivity index (χ0n) is 11.0. The molecule has 0 aromatic heterocycles. The lowest BCUT2D eigenvalue weighted by Gasteiger charge is -2.34. The van der Waals surface area contributed by atoms with Gasteiger partial charge in [0.05, 0.1) is 0 Å². The molecule has 0 aromatic carbocycles. The number of amides is 1. The first-order valence-corrected chi connectivity index (χ1v) is 6.01. The summed E-state index contributed by atoms with van der Waals surface area (Å²) >= 11 is 0.